The third-order valence-corrected chi connectivity index (χ3v) is 1.90. The molecule has 0 unspecified atom stereocenters. The van der Waals surface area contributed by atoms with Gasteiger partial charge in [0, 0.05) is 6.20 Å². The van der Waals surface area contributed by atoms with Crippen molar-refractivity contribution in [3.63, 3.8) is 0 Å². The summed E-state index contributed by atoms with van der Waals surface area (Å²) in [7, 11) is 0. The Labute approximate surface area is 79.3 Å². The molecule has 0 aromatic carbocycles. The van der Waals surface area contributed by atoms with Gasteiger partial charge in [-0.05, 0) is 18.6 Å². The number of nitrogens with zero attached hydrogens (tertiary/aromatic N) is 1. The first-order valence-electron chi connectivity index (χ1n) is 3.51. The zero-order chi connectivity index (χ0) is 8.97. The van der Waals surface area contributed by atoms with E-state index in [9.17, 15) is 4.79 Å². The van der Waals surface area contributed by atoms with E-state index in [2.05, 4.69) is 26.2 Å². The molecule has 0 bridgehead atoms. The van der Waals surface area contributed by atoms with Gasteiger partial charge >= 0.3 is 0 Å². The van der Waals surface area contributed by atoms with Crippen molar-refractivity contribution in [1.29, 1.82) is 0 Å². The van der Waals surface area contributed by atoms with Gasteiger partial charge in [0.15, 0.2) is 0 Å². The number of alkyl halides is 1. The normalized spacial score (nSPS) is 9.50. The van der Waals surface area contributed by atoms with E-state index < -0.39 is 0 Å². The van der Waals surface area contributed by atoms with Crippen LogP contribution in [0, 0.1) is 6.92 Å². The predicted octanol–water partition coefficient (Wildman–Crippen LogP) is 1.72. The van der Waals surface area contributed by atoms with Crippen molar-refractivity contribution in [3.8, 4) is 0 Å². The lowest BCUT2D eigenvalue weighted by atomic mass is 10.3. The Kier molecular flexibility index (Phi) is 3.22. The van der Waals surface area contributed by atoms with Gasteiger partial charge in [-0.1, -0.05) is 22.0 Å². The Morgan fingerprint density at radius 1 is 1.75 bits per heavy atom. The molecular weight excluding hydrogens is 220 g/mol. The van der Waals surface area contributed by atoms with Crippen LogP contribution in [0.5, 0.6) is 0 Å². The summed E-state index contributed by atoms with van der Waals surface area (Å²) in [5.41, 5.74) is 0.965. The minimum absolute atomic E-state index is 0.0863. The van der Waals surface area contributed by atoms with Gasteiger partial charge in [0.05, 0.1) is 5.33 Å². The predicted molar refractivity (Wildman–Crippen MR) is 51.4 cm³/mol. The van der Waals surface area contributed by atoms with E-state index in [-0.39, 0.29) is 5.91 Å². The van der Waals surface area contributed by atoms with Crippen LogP contribution in [-0.4, -0.2) is 16.2 Å². The molecule has 0 aliphatic heterocycles. The number of hydrogen-bond acceptors (Lipinski definition) is 2. The molecule has 1 amide bonds. The number of aryl methyl sites for hydroxylation is 1. The molecule has 1 N–H and O–H groups in total. The average molecular weight is 229 g/mol. The minimum Gasteiger partial charge on any atom is -0.310 e. The van der Waals surface area contributed by atoms with Crippen LogP contribution in [0.2, 0.25) is 0 Å². The summed E-state index contributed by atoms with van der Waals surface area (Å²) in [6, 6.07) is 3.73. The fourth-order valence-electron chi connectivity index (χ4n) is 0.782. The minimum atomic E-state index is -0.0863. The van der Waals surface area contributed by atoms with Crippen molar-refractivity contribution in [1.82, 2.24) is 4.98 Å². The Balaban J connectivity index is 2.75. The van der Waals surface area contributed by atoms with Crippen molar-refractivity contribution < 1.29 is 4.79 Å². The first-order valence-corrected chi connectivity index (χ1v) is 4.63. The molecule has 0 radical (unpaired) electrons. The van der Waals surface area contributed by atoms with Gasteiger partial charge < -0.3 is 5.32 Å². The van der Waals surface area contributed by atoms with Crippen molar-refractivity contribution in [3.05, 3.63) is 23.9 Å². The van der Waals surface area contributed by atoms with Crippen molar-refractivity contribution in [2.24, 2.45) is 0 Å². The Morgan fingerprint density at radius 3 is 3.08 bits per heavy atom. The first-order chi connectivity index (χ1) is 5.74. The number of carbonyl (C=O) groups is 1. The Hall–Kier alpha value is -0.900. The molecule has 0 fully saturated rings. The topological polar surface area (TPSA) is 42.0 Å². The van der Waals surface area contributed by atoms with Crippen LogP contribution < -0.4 is 5.32 Å². The SMILES string of the molecule is Cc1cccnc1NC(=O)CBr. The third-order valence-electron chi connectivity index (χ3n) is 1.39. The second kappa shape index (κ2) is 4.21. The molecule has 0 atom stereocenters. The van der Waals surface area contributed by atoms with Gasteiger partial charge in [0.2, 0.25) is 5.91 Å². The Morgan fingerprint density at radius 2 is 2.50 bits per heavy atom. The van der Waals surface area contributed by atoms with E-state index in [1.54, 1.807) is 6.20 Å². The maximum absolute atomic E-state index is 10.9. The highest BCUT2D eigenvalue weighted by molar-refractivity contribution is 9.09. The monoisotopic (exact) mass is 228 g/mol. The number of pyridine rings is 1. The van der Waals surface area contributed by atoms with Crippen LogP contribution in [0.25, 0.3) is 0 Å². The van der Waals surface area contributed by atoms with E-state index in [4.69, 9.17) is 0 Å². The van der Waals surface area contributed by atoms with E-state index in [0.717, 1.165) is 5.56 Å². The molecule has 64 valence electrons. The van der Waals surface area contributed by atoms with E-state index in [0.29, 0.717) is 11.1 Å². The van der Waals surface area contributed by atoms with E-state index in [1.807, 2.05) is 19.1 Å². The van der Waals surface area contributed by atoms with Gasteiger partial charge in [-0.15, -0.1) is 0 Å². The van der Waals surface area contributed by atoms with Gasteiger partial charge in [-0.2, -0.15) is 0 Å². The second-order valence-corrected chi connectivity index (χ2v) is 2.91. The molecule has 0 spiro atoms. The van der Waals surface area contributed by atoms with Crippen molar-refractivity contribution in [2.45, 2.75) is 6.92 Å². The number of halogens is 1. The number of hydrogen-bond donors (Lipinski definition) is 1. The van der Waals surface area contributed by atoms with Crippen LogP contribution in [-0.2, 0) is 4.79 Å². The van der Waals surface area contributed by atoms with Crippen LogP contribution >= 0.6 is 15.9 Å². The molecule has 3 nitrogen and oxygen atoms in total. The molecular formula is C8H9BrN2O. The molecule has 0 aliphatic rings. The van der Waals surface area contributed by atoms with Crippen LogP contribution in [0.3, 0.4) is 0 Å². The zero-order valence-corrected chi connectivity index (χ0v) is 8.26. The van der Waals surface area contributed by atoms with Crippen LogP contribution in [0.15, 0.2) is 18.3 Å². The zero-order valence-electron chi connectivity index (χ0n) is 6.67. The summed E-state index contributed by atoms with van der Waals surface area (Å²) in [6.45, 7) is 1.90. The molecule has 0 aliphatic carbocycles. The molecule has 1 heterocycles. The summed E-state index contributed by atoms with van der Waals surface area (Å²) < 4.78 is 0. The lowest BCUT2D eigenvalue weighted by Crippen LogP contribution is -2.14. The smallest absolute Gasteiger partial charge is 0.236 e. The average Bonchev–Trinajstić information content (AvgIpc) is 2.09. The molecule has 1 aromatic heterocycles. The van der Waals surface area contributed by atoms with Crippen LogP contribution in [0.4, 0.5) is 5.82 Å². The van der Waals surface area contributed by atoms with Crippen molar-refractivity contribution in [2.75, 3.05) is 10.6 Å². The van der Waals surface area contributed by atoms with Gasteiger partial charge in [-0.3, -0.25) is 4.79 Å². The lowest BCUT2D eigenvalue weighted by molar-refractivity contribution is -0.113. The summed E-state index contributed by atoms with van der Waals surface area (Å²) in [5.74, 6) is 0.541. The quantitative estimate of drug-likeness (QED) is 0.784. The highest BCUT2D eigenvalue weighted by Gasteiger charge is 2.01. The Bertz CT molecular complexity index is 288. The lowest BCUT2D eigenvalue weighted by Gasteiger charge is -2.03. The molecule has 4 heteroatoms. The molecule has 12 heavy (non-hydrogen) atoms. The summed E-state index contributed by atoms with van der Waals surface area (Å²) in [6.07, 6.45) is 1.65. The maximum Gasteiger partial charge on any atom is 0.236 e. The number of rotatable bonds is 2. The highest BCUT2D eigenvalue weighted by Crippen LogP contribution is 2.08. The number of aromatic nitrogens is 1. The van der Waals surface area contributed by atoms with Gasteiger partial charge in [0.25, 0.3) is 0 Å². The molecule has 1 rings (SSSR count). The van der Waals surface area contributed by atoms with E-state index in [1.165, 1.54) is 0 Å². The molecule has 0 saturated heterocycles. The third kappa shape index (κ3) is 2.30. The standard InChI is InChI=1S/C8H9BrN2O/c1-6-3-2-4-10-8(6)11-7(12)5-9/h2-4H,5H2,1H3,(H,10,11,12). The first kappa shape index (κ1) is 9.19. The fourth-order valence-corrected chi connectivity index (χ4v) is 0.922. The number of amides is 1. The second-order valence-electron chi connectivity index (χ2n) is 2.35. The van der Waals surface area contributed by atoms with E-state index >= 15 is 0 Å². The molecule has 1 aromatic rings. The summed E-state index contributed by atoms with van der Waals surface area (Å²) in [4.78, 5) is 14.9. The maximum atomic E-state index is 10.9. The van der Waals surface area contributed by atoms with Crippen LogP contribution in [0.1, 0.15) is 5.56 Å². The molecule has 0 saturated carbocycles. The highest BCUT2D eigenvalue weighted by atomic mass is 79.9. The van der Waals surface area contributed by atoms with Gasteiger partial charge in [0.1, 0.15) is 5.82 Å². The largest absolute Gasteiger partial charge is 0.310 e. The number of anilines is 1. The van der Waals surface area contributed by atoms with Gasteiger partial charge in [-0.25, -0.2) is 4.98 Å². The number of nitrogens with one attached hydrogen (secondary N) is 1. The summed E-state index contributed by atoms with van der Waals surface area (Å²) >= 11 is 3.06. The fraction of sp³-hybridized carbons (Fsp3) is 0.250. The van der Waals surface area contributed by atoms with Crippen molar-refractivity contribution >= 4 is 27.7 Å². The number of carbonyl (C=O) groups excluding carboxylic acids is 1. The summed E-state index contributed by atoms with van der Waals surface area (Å²) in [5, 5.41) is 2.96.